The molecule has 4 heteroatoms. The maximum Gasteiger partial charge on any atom is 0.0427 e. The second kappa shape index (κ2) is 6.97. The Hall–Kier alpha value is -0.810. The number of hydrogen-bond donors (Lipinski definition) is 1. The quantitative estimate of drug-likeness (QED) is 0.570. The molecule has 3 aromatic rings. The molecule has 1 heterocycles. The maximum absolute atomic E-state index is 3.62. The van der Waals surface area contributed by atoms with Crippen LogP contribution in [0.1, 0.15) is 11.6 Å². The van der Waals surface area contributed by atoms with Gasteiger partial charge in [-0.05, 0) is 57.5 Å². The number of thiophene rings is 1. The maximum atomic E-state index is 3.62. The highest BCUT2D eigenvalue weighted by atomic mass is 79.9. The molecule has 0 amide bonds. The molecule has 1 N–H and O–H groups in total. The molecule has 0 bridgehead atoms. The predicted molar refractivity (Wildman–Crippen MR) is 98.5 cm³/mol. The number of fused-ring (bicyclic) bond motifs is 1. The number of halogens is 1. The third-order valence-electron chi connectivity index (χ3n) is 3.48. The Kier molecular flexibility index (Phi) is 5.01. The second-order valence-corrected chi connectivity index (χ2v) is 7.60. The van der Waals surface area contributed by atoms with E-state index in [1.54, 1.807) is 0 Å². The van der Waals surface area contributed by atoms with Gasteiger partial charge in [0.2, 0.25) is 0 Å². The first-order valence-corrected chi connectivity index (χ1v) is 9.46. The van der Waals surface area contributed by atoms with Crippen LogP contribution in [0.3, 0.4) is 0 Å². The molecule has 0 spiro atoms. The number of benzene rings is 2. The van der Waals surface area contributed by atoms with E-state index in [-0.39, 0.29) is 0 Å². The van der Waals surface area contributed by atoms with E-state index >= 15 is 0 Å². The first-order valence-electron chi connectivity index (χ1n) is 6.80. The first kappa shape index (κ1) is 15.1. The normalized spacial score (nSPS) is 12.7. The molecule has 1 aromatic heterocycles. The summed E-state index contributed by atoms with van der Waals surface area (Å²) in [6.07, 6.45) is 0. The minimum absolute atomic E-state index is 0.351. The lowest BCUT2D eigenvalue weighted by Crippen LogP contribution is -2.18. The zero-order valence-corrected chi connectivity index (χ0v) is 14.9. The predicted octanol–water partition coefficient (Wildman–Crippen LogP) is 5.72. The summed E-state index contributed by atoms with van der Waals surface area (Å²) in [4.78, 5) is 1.29. The molecule has 0 saturated carbocycles. The Morgan fingerprint density at radius 1 is 1.14 bits per heavy atom. The van der Waals surface area contributed by atoms with Crippen molar-refractivity contribution in [3.63, 3.8) is 0 Å². The SMILES string of the molecule is CNC(CSc1ccccc1Br)c1cccc2ccsc12. The highest BCUT2D eigenvalue weighted by molar-refractivity contribution is 9.10. The van der Waals surface area contributed by atoms with Gasteiger partial charge in [0, 0.05) is 25.9 Å². The highest BCUT2D eigenvalue weighted by Gasteiger charge is 2.14. The summed E-state index contributed by atoms with van der Waals surface area (Å²) < 4.78 is 2.56. The Morgan fingerprint density at radius 2 is 2.00 bits per heavy atom. The first-order chi connectivity index (χ1) is 10.3. The van der Waals surface area contributed by atoms with Crippen molar-refractivity contribution in [2.24, 2.45) is 0 Å². The summed E-state index contributed by atoms with van der Waals surface area (Å²) in [7, 11) is 2.04. The summed E-state index contributed by atoms with van der Waals surface area (Å²) in [5.74, 6) is 1.01. The molecule has 1 unspecified atom stereocenters. The molecule has 1 nitrogen and oxygen atoms in total. The fourth-order valence-electron chi connectivity index (χ4n) is 2.35. The minimum Gasteiger partial charge on any atom is -0.312 e. The van der Waals surface area contributed by atoms with Crippen LogP contribution >= 0.6 is 39.0 Å². The highest BCUT2D eigenvalue weighted by Crippen LogP contribution is 2.34. The van der Waals surface area contributed by atoms with E-state index in [4.69, 9.17) is 0 Å². The molecule has 21 heavy (non-hydrogen) atoms. The third-order valence-corrected chi connectivity index (χ3v) is 6.58. The van der Waals surface area contributed by atoms with Gasteiger partial charge < -0.3 is 5.32 Å². The summed E-state index contributed by atoms with van der Waals surface area (Å²) >= 11 is 7.32. The van der Waals surface area contributed by atoms with E-state index in [1.807, 2.05) is 30.1 Å². The summed E-state index contributed by atoms with van der Waals surface area (Å²) in [5, 5.41) is 6.97. The van der Waals surface area contributed by atoms with Crippen molar-refractivity contribution < 1.29 is 0 Å². The van der Waals surface area contributed by atoms with E-state index in [9.17, 15) is 0 Å². The van der Waals surface area contributed by atoms with Gasteiger partial charge in [-0.2, -0.15) is 0 Å². The van der Waals surface area contributed by atoms with Gasteiger partial charge in [-0.25, -0.2) is 0 Å². The van der Waals surface area contributed by atoms with Crippen LogP contribution in [0.4, 0.5) is 0 Å². The van der Waals surface area contributed by atoms with E-state index in [1.165, 1.54) is 25.0 Å². The van der Waals surface area contributed by atoms with Crippen LogP contribution < -0.4 is 5.32 Å². The van der Waals surface area contributed by atoms with Crippen molar-refractivity contribution in [3.8, 4) is 0 Å². The molecule has 0 saturated heterocycles. The number of nitrogens with one attached hydrogen (secondary N) is 1. The van der Waals surface area contributed by atoms with Gasteiger partial charge in [-0.15, -0.1) is 23.1 Å². The number of thioether (sulfide) groups is 1. The molecular formula is C17H16BrNS2. The molecule has 0 aliphatic rings. The lowest BCUT2D eigenvalue weighted by Gasteiger charge is -2.17. The van der Waals surface area contributed by atoms with Crippen LogP contribution in [0.5, 0.6) is 0 Å². The van der Waals surface area contributed by atoms with Crippen LogP contribution in [0.2, 0.25) is 0 Å². The Morgan fingerprint density at radius 3 is 2.81 bits per heavy atom. The largest absolute Gasteiger partial charge is 0.312 e. The van der Waals surface area contributed by atoms with Crippen molar-refractivity contribution in [1.29, 1.82) is 0 Å². The smallest absolute Gasteiger partial charge is 0.0427 e. The molecule has 0 radical (unpaired) electrons. The average Bonchev–Trinajstić information content (AvgIpc) is 2.98. The van der Waals surface area contributed by atoms with Crippen LogP contribution in [0.15, 0.2) is 63.3 Å². The molecule has 0 aliphatic carbocycles. The Balaban J connectivity index is 1.82. The van der Waals surface area contributed by atoms with Crippen LogP contribution in [-0.2, 0) is 0 Å². The van der Waals surface area contributed by atoms with Gasteiger partial charge in [0.15, 0.2) is 0 Å². The van der Waals surface area contributed by atoms with Crippen LogP contribution in [0, 0.1) is 0 Å². The van der Waals surface area contributed by atoms with Crippen LogP contribution in [-0.4, -0.2) is 12.8 Å². The molecule has 3 rings (SSSR count). The van der Waals surface area contributed by atoms with E-state index < -0.39 is 0 Å². The van der Waals surface area contributed by atoms with E-state index in [2.05, 4.69) is 75.2 Å². The van der Waals surface area contributed by atoms with Gasteiger partial charge in [0.1, 0.15) is 0 Å². The molecular weight excluding hydrogens is 362 g/mol. The van der Waals surface area contributed by atoms with E-state index in [0.717, 1.165) is 5.75 Å². The molecule has 0 fully saturated rings. The van der Waals surface area contributed by atoms with Gasteiger partial charge in [0.25, 0.3) is 0 Å². The van der Waals surface area contributed by atoms with Gasteiger partial charge >= 0.3 is 0 Å². The number of hydrogen-bond acceptors (Lipinski definition) is 3. The standard InChI is InChI=1S/C17H16BrNS2/c1-19-15(11-21-16-8-3-2-7-14(16)18)13-6-4-5-12-9-10-20-17(12)13/h2-10,15,19H,11H2,1H3. The van der Waals surface area contributed by atoms with Crippen molar-refractivity contribution in [3.05, 3.63) is 63.9 Å². The lowest BCUT2D eigenvalue weighted by molar-refractivity contribution is 0.667. The molecule has 0 aliphatic heterocycles. The molecule has 1 atom stereocenters. The van der Waals surface area contributed by atoms with Gasteiger partial charge in [0.05, 0.1) is 0 Å². The van der Waals surface area contributed by atoms with Crippen molar-refractivity contribution in [2.75, 3.05) is 12.8 Å². The third kappa shape index (κ3) is 3.34. The molecule has 108 valence electrons. The average molecular weight is 378 g/mol. The minimum atomic E-state index is 0.351. The van der Waals surface area contributed by atoms with E-state index in [0.29, 0.717) is 6.04 Å². The van der Waals surface area contributed by atoms with Crippen molar-refractivity contribution in [2.45, 2.75) is 10.9 Å². The molecule has 2 aromatic carbocycles. The summed E-state index contributed by atoms with van der Waals surface area (Å²) in [6.45, 7) is 0. The summed E-state index contributed by atoms with van der Waals surface area (Å²) in [6, 6.07) is 17.5. The van der Waals surface area contributed by atoms with Crippen molar-refractivity contribution >= 4 is 49.1 Å². The zero-order valence-electron chi connectivity index (χ0n) is 11.7. The van der Waals surface area contributed by atoms with Crippen LogP contribution in [0.25, 0.3) is 10.1 Å². The second-order valence-electron chi connectivity index (χ2n) is 4.77. The monoisotopic (exact) mass is 377 g/mol. The topological polar surface area (TPSA) is 12.0 Å². The zero-order chi connectivity index (χ0) is 14.7. The fraction of sp³-hybridized carbons (Fsp3) is 0.176. The lowest BCUT2D eigenvalue weighted by atomic mass is 10.1. The number of rotatable bonds is 5. The summed E-state index contributed by atoms with van der Waals surface area (Å²) in [5.41, 5.74) is 1.39. The van der Waals surface area contributed by atoms with Crippen molar-refractivity contribution in [1.82, 2.24) is 5.32 Å². The van der Waals surface area contributed by atoms with Gasteiger partial charge in [-0.3, -0.25) is 0 Å². The van der Waals surface area contributed by atoms with Gasteiger partial charge in [-0.1, -0.05) is 30.3 Å². The fourth-order valence-corrected chi connectivity index (χ4v) is 5.02. The Bertz CT molecular complexity index is 738. The Labute approximate surface area is 141 Å².